The average Bonchev–Trinajstić information content (AvgIpc) is 3.14. The molecule has 0 spiro atoms. The minimum absolute atomic E-state index is 0.265. The molecule has 1 amide bonds. The van der Waals surface area contributed by atoms with E-state index in [9.17, 15) is 38.7 Å². The molecule has 7 N–H and O–H groups in total. The Balaban J connectivity index is 2.48. The van der Waals surface area contributed by atoms with Gasteiger partial charge in [0.2, 0.25) is 5.91 Å². The van der Waals surface area contributed by atoms with Crippen molar-refractivity contribution in [2.75, 3.05) is 13.2 Å². The molecule has 0 aromatic heterocycles. The molecule has 0 aromatic rings. The number of rotatable bonds is 36. The molecule has 1 saturated heterocycles. The van der Waals surface area contributed by atoms with Crippen LogP contribution in [0.1, 0.15) is 187 Å². The summed E-state index contributed by atoms with van der Waals surface area (Å²) < 4.78 is 47.3. The smallest absolute Gasteiger partial charge is 0.394 e. The molecule has 8 atom stereocenters. The van der Waals surface area contributed by atoms with E-state index in [1.54, 1.807) is 0 Å². The number of unbranched alkanes of at least 4 members (excludes halogenated alkanes) is 23. The second-order valence-electron chi connectivity index (χ2n) is 15.4. The summed E-state index contributed by atoms with van der Waals surface area (Å²) in [5, 5.41) is 55.0. The van der Waals surface area contributed by atoms with Crippen LogP contribution in [0.15, 0.2) is 0 Å². The van der Waals surface area contributed by atoms with Crippen molar-refractivity contribution in [3.63, 3.8) is 0 Å². The molecule has 1 fully saturated rings. The third-order valence-corrected chi connectivity index (χ3v) is 11.0. The summed E-state index contributed by atoms with van der Waals surface area (Å²) in [5.74, 6) is -0.671. The molecule has 0 bridgehead atoms. The molecular formula is C40H79NO12S. The first-order valence-corrected chi connectivity index (χ1v) is 22.9. The topological polar surface area (TPSA) is 212 Å². The third kappa shape index (κ3) is 24.6. The molecule has 1 rings (SSSR count). The molecule has 14 heteroatoms. The Hall–Kier alpha value is -0.940. The predicted octanol–water partition coefficient (Wildman–Crippen LogP) is 6.41. The van der Waals surface area contributed by atoms with Gasteiger partial charge in [-0.25, -0.2) is 4.18 Å². The highest BCUT2D eigenvalue weighted by molar-refractivity contribution is 7.80. The highest BCUT2D eigenvalue weighted by Gasteiger charge is 2.48. The van der Waals surface area contributed by atoms with Gasteiger partial charge in [0.1, 0.15) is 30.5 Å². The van der Waals surface area contributed by atoms with E-state index in [2.05, 4.69) is 23.3 Å². The molecule has 0 aliphatic carbocycles. The highest BCUT2D eigenvalue weighted by atomic mass is 32.3. The van der Waals surface area contributed by atoms with Crippen molar-refractivity contribution in [1.29, 1.82) is 0 Å². The van der Waals surface area contributed by atoms with Crippen LogP contribution in [0, 0.1) is 0 Å². The van der Waals surface area contributed by atoms with E-state index >= 15 is 0 Å². The lowest BCUT2D eigenvalue weighted by Crippen LogP contribution is -2.61. The Morgan fingerprint density at radius 3 is 1.48 bits per heavy atom. The molecule has 13 nitrogen and oxygen atoms in total. The van der Waals surface area contributed by atoms with Crippen LogP contribution in [-0.2, 0) is 28.9 Å². The Kier molecular flexibility index (Phi) is 30.3. The summed E-state index contributed by atoms with van der Waals surface area (Å²) in [6.07, 6.45) is 19.1. The highest BCUT2D eigenvalue weighted by Crippen LogP contribution is 2.26. The maximum Gasteiger partial charge on any atom is 0.397 e. The molecule has 322 valence electrons. The number of nitrogens with one attached hydrogen (secondary N) is 1. The Bertz CT molecular complexity index is 1010. The third-order valence-electron chi connectivity index (χ3n) is 10.5. The van der Waals surface area contributed by atoms with Gasteiger partial charge in [-0.1, -0.05) is 174 Å². The second kappa shape index (κ2) is 32.1. The number of aliphatic hydroxyl groups excluding tert-OH is 5. The van der Waals surface area contributed by atoms with Crippen molar-refractivity contribution >= 4 is 16.3 Å². The van der Waals surface area contributed by atoms with Crippen molar-refractivity contribution in [1.82, 2.24) is 5.32 Å². The minimum atomic E-state index is -5.10. The van der Waals surface area contributed by atoms with Crippen LogP contribution in [-0.4, -0.2) is 107 Å². The van der Waals surface area contributed by atoms with Crippen LogP contribution >= 0.6 is 0 Å². The zero-order chi connectivity index (χ0) is 40.0. The van der Waals surface area contributed by atoms with Gasteiger partial charge in [0.05, 0.1) is 25.4 Å². The lowest BCUT2D eigenvalue weighted by molar-refractivity contribution is -0.298. The van der Waals surface area contributed by atoms with Crippen molar-refractivity contribution < 1.29 is 57.0 Å². The van der Waals surface area contributed by atoms with Crippen LogP contribution in [0.25, 0.3) is 0 Å². The molecule has 0 radical (unpaired) electrons. The summed E-state index contributed by atoms with van der Waals surface area (Å²) in [6, 6.07) is -1.02. The lowest BCUT2D eigenvalue weighted by Gasteiger charge is -2.41. The van der Waals surface area contributed by atoms with E-state index in [1.807, 2.05) is 0 Å². The van der Waals surface area contributed by atoms with Crippen LogP contribution in [0.3, 0.4) is 0 Å². The van der Waals surface area contributed by atoms with E-state index < -0.39 is 78.5 Å². The average molecular weight is 798 g/mol. The van der Waals surface area contributed by atoms with Crippen LogP contribution in [0.2, 0.25) is 0 Å². The van der Waals surface area contributed by atoms with Gasteiger partial charge in [-0.3, -0.25) is 9.35 Å². The molecule has 1 heterocycles. The molecule has 1 aliphatic rings. The van der Waals surface area contributed by atoms with Crippen molar-refractivity contribution in [3.05, 3.63) is 0 Å². The molecular weight excluding hydrogens is 719 g/mol. The van der Waals surface area contributed by atoms with Gasteiger partial charge in [0.15, 0.2) is 6.29 Å². The maximum absolute atomic E-state index is 13.0. The van der Waals surface area contributed by atoms with Gasteiger partial charge in [-0.05, 0) is 12.8 Å². The fourth-order valence-corrected chi connectivity index (χ4v) is 7.56. The standard InChI is InChI=1S/C40H79NO12S/c1-3-5-7-9-11-12-13-14-15-16-17-18-19-20-21-23-25-27-29-34(44)39(47)41-32(33(43)28-26-24-22-10-8-6-4-2)31-51-40-37(46)38(53-54(48,49)50)36(45)35(30-42)52-40/h32-38,40,42-46H,3-31H2,1-2H3,(H,41,47)(H,48,49,50). The Morgan fingerprint density at radius 2 is 1.07 bits per heavy atom. The summed E-state index contributed by atoms with van der Waals surface area (Å²) in [7, 11) is -5.10. The number of hydrogen-bond acceptors (Lipinski definition) is 11. The van der Waals surface area contributed by atoms with E-state index in [-0.39, 0.29) is 6.42 Å². The Labute approximate surface area is 327 Å². The van der Waals surface area contributed by atoms with Crippen LogP contribution in [0.5, 0.6) is 0 Å². The molecule has 54 heavy (non-hydrogen) atoms. The number of carbonyl (C=O) groups is 1. The lowest BCUT2D eigenvalue weighted by atomic mass is 9.99. The summed E-state index contributed by atoms with van der Waals surface area (Å²) in [4.78, 5) is 13.0. The zero-order valence-electron chi connectivity index (χ0n) is 33.7. The fraction of sp³-hybridized carbons (Fsp3) is 0.975. The van der Waals surface area contributed by atoms with Crippen LogP contribution < -0.4 is 5.32 Å². The first-order valence-electron chi connectivity index (χ1n) is 21.5. The van der Waals surface area contributed by atoms with E-state index in [0.717, 1.165) is 51.4 Å². The molecule has 1 aliphatic heterocycles. The number of aliphatic hydroxyl groups is 5. The largest absolute Gasteiger partial charge is 0.397 e. The van der Waals surface area contributed by atoms with Gasteiger partial charge < -0.3 is 40.3 Å². The van der Waals surface area contributed by atoms with E-state index in [4.69, 9.17) is 14.0 Å². The minimum Gasteiger partial charge on any atom is -0.394 e. The number of carbonyl (C=O) groups excluding carboxylic acids is 1. The summed E-state index contributed by atoms with van der Waals surface area (Å²) >= 11 is 0. The first-order chi connectivity index (χ1) is 25.9. The number of hydrogen-bond donors (Lipinski definition) is 7. The molecule has 0 aromatic carbocycles. The zero-order valence-corrected chi connectivity index (χ0v) is 34.5. The summed E-state index contributed by atoms with van der Waals surface area (Å²) in [6.45, 7) is 3.21. The monoisotopic (exact) mass is 798 g/mol. The SMILES string of the molecule is CCCCCCCCCCCCCCCCCCCCC(O)C(=O)NC(COC1OC(CO)C(O)C(OS(=O)(=O)O)C1O)C(O)CCCCCCCCC. The first kappa shape index (κ1) is 51.1. The van der Waals surface area contributed by atoms with E-state index in [1.165, 1.54) is 96.3 Å². The quantitative estimate of drug-likeness (QED) is 0.0271. The van der Waals surface area contributed by atoms with Gasteiger partial charge in [-0.2, -0.15) is 8.42 Å². The normalized spacial score (nSPS) is 22.3. The fourth-order valence-electron chi connectivity index (χ4n) is 7.05. The van der Waals surface area contributed by atoms with Crippen LogP contribution in [0.4, 0.5) is 0 Å². The Morgan fingerprint density at radius 1 is 0.667 bits per heavy atom. The number of ether oxygens (including phenoxy) is 2. The van der Waals surface area contributed by atoms with Gasteiger partial charge in [-0.15, -0.1) is 0 Å². The summed E-state index contributed by atoms with van der Waals surface area (Å²) in [5.41, 5.74) is 0. The maximum atomic E-state index is 13.0. The second-order valence-corrected chi connectivity index (χ2v) is 16.5. The predicted molar refractivity (Wildman–Crippen MR) is 210 cm³/mol. The molecule has 8 unspecified atom stereocenters. The number of amides is 1. The van der Waals surface area contributed by atoms with Crippen molar-refractivity contribution in [3.8, 4) is 0 Å². The van der Waals surface area contributed by atoms with Gasteiger partial charge in [0.25, 0.3) is 0 Å². The van der Waals surface area contributed by atoms with Gasteiger partial charge in [0, 0.05) is 0 Å². The molecule has 0 saturated carbocycles. The van der Waals surface area contributed by atoms with Crippen molar-refractivity contribution in [2.45, 2.75) is 236 Å². The van der Waals surface area contributed by atoms with Crippen molar-refractivity contribution in [2.24, 2.45) is 0 Å². The van der Waals surface area contributed by atoms with E-state index in [0.29, 0.717) is 19.3 Å². The van der Waals surface area contributed by atoms with Gasteiger partial charge >= 0.3 is 10.4 Å².